The maximum Gasteiger partial charge on any atom is 0.0441 e. The zero-order valence-electron chi connectivity index (χ0n) is 11.4. The summed E-state index contributed by atoms with van der Waals surface area (Å²) >= 11 is 0. The molecule has 1 fully saturated rings. The fourth-order valence-electron chi connectivity index (χ4n) is 2.71. The van der Waals surface area contributed by atoms with E-state index >= 15 is 0 Å². The molecular weight excluding hydrogens is 232 g/mol. The van der Waals surface area contributed by atoms with Gasteiger partial charge in [-0.1, -0.05) is 29.8 Å². The van der Waals surface area contributed by atoms with Gasteiger partial charge in [0.2, 0.25) is 0 Å². The minimum absolute atomic E-state index is 0.617. The summed E-state index contributed by atoms with van der Waals surface area (Å²) < 4.78 is 0. The van der Waals surface area contributed by atoms with Crippen molar-refractivity contribution in [3.05, 3.63) is 53.9 Å². The number of benzene rings is 1. The minimum Gasteiger partial charge on any atom is -0.317 e. The lowest BCUT2D eigenvalue weighted by atomic mass is 9.92. The fourth-order valence-corrected chi connectivity index (χ4v) is 2.71. The molecule has 1 aromatic heterocycles. The number of aromatic nitrogens is 1. The van der Waals surface area contributed by atoms with E-state index in [9.17, 15) is 0 Å². The Morgan fingerprint density at radius 1 is 1.00 bits per heavy atom. The molecule has 2 heterocycles. The second-order valence-electron chi connectivity index (χ2n) is 5.36. The van der Waals surface area contributed by atoms with Crippen molar-refractivity contribution in [1.82, 2.24) is 10.3 Å². The largest absolute Gasteiger partial charge is 0.317 e. The summed E-state index contributed by atoms with van der Waals surface area (Å²) in [6, 6.07) is 13.1. The number of pyridine rings is 1. The summed E-state index contributed by atoms with van der Waals surface area (Å²) in [7, 11) is 0. The van der Waals surface area contributed by atoms with Crippen molar-refractivity contribution in [3.63, 3.8) is 0 Å². The first-order chi connectivity index (χ1) is 9.33. The Morgan fingerprint density at radius 3 is 2.47 bits per heavy atom. The van der Waals surface area contributed by atoms with Crippen LogP contribution in [0.1, 0.15) is 30.0 Å². The lowest BCUT2D eigenvalue weighted by Gasteiger charge is -2.22. The van der Waals surface area contributed by atoms with Crippen LogP contribution in [0.3, 0.4) is 0 Å². The van der Waals surface area contributed by atoms with Gasteiger partial charge >= 0.3 is 0 Å². The van der Waals surface area contributed by atoms with Gasteiger partial charge in [-0.15, -0.1) is 0 Å². The number of hydrogen-bond donors (Lipinski definition) is 1. The van der Waals surface area contributed by atoms with Gasteiger partial charge in [-0.05, 0) is 56.1 Å². The zero-order chi connectivity index (χ0) is 13.1. The van der Waals surface area contributed by atoms with Crippen LogP contribution in [0.2, 0.25) is 0 Å². The van der Waals surface area contributed by atoms with E-state index in [2.05, 4.69) is 53.6 Å². The maximum absolute atomic E-state index is 4.58. The van der Waals surface area contributed by atoms with Gasteiger partial charge in [-0.2, -0.15) is 0 Å². The number of nitrogens with one attached hydrogen (secondary N) is 1. The van der Waals surface area contributed by atoms with E-state index in [-0.39, 0.29) is 0 Å². The number of piperidine rings is 1. The first kappa shape index (κ1) is 12.4. The average Bonchev–Trinajstić information content (AvgIpc) is 2.49. The zero-order valence-corrected chi connectivity index (χ0v) is 11.4. The summed E-state index contributed by atoms with van der Waals surface area (Å²) in [5.74, 6) is 0.617. The van der Waals surface area contributed by atoms with Crippen molar-refractivity contribution in [3.8, 4) is 11.1 Å². The standard InChI is InChI=1S/C17H20N2/c1-13-2-4-14(5-3-13)16-8-11-19-17(12-16)15-6-9-18-10-7-15/h2-5,8,11-12,15,18H,6-7,9-10H2,1H3. The molecule has 1 aliphatic heterocycles. The van der Waals surface area contributed by atoms with Gasteiger partial charge < -0.3 is 5.32 Å². The van der Waals surface area contributed by atoms with Crippen molar-refractivity contribution >= 4 is 0 Å². The van der Waals surface area contributed by atoms with Crippen molar-refractivity contribution in [2.45, 2.75) is 25.7 Å². The lowest BCUT2D eigenvalue weighted by molar-refractivity contribution is 0.453. The molecule has 0 bridgehead atoms. The van der Waals surface area contributed by atoms with E-state index in [0.29, 0.717) is 5.92 Å². The molecule has 1 N–H and O–H groups in total. The Labute approximate surface area is 114 Å². The minimum atomic E-state index is 0.617. The number of rotatable bonds is 2. The molecule has 0 atom stereocenters. The van der Waals surface area contributed by atoms with E-state index in [1.165, 1.54) is 35.2 Å². The van der Waals surface area contributed by atoms with Crippen molar-refractivity contribution in [2.24, 2.45) is 0 Å². The van der Waals surface area contributed by atoms with Crippen LogP contribution in [0, 0.1) is 6.92 Å². The van der Waals surface area contributed by atoms with E-state index in [4.69, 9.17) is 0 Å². The molecule has 0 unspecified atom stereocenters. The predicted molar refractivity (Wildman–Crippen MR) is 79.3 cm³/mol. The van der Waals surface area contributed by atoms with Gasteiger partial charge in [0.05, 0.1) is 0 Å². The van der Waals surface area contributed by atoms with E-state index < -0.39 is 0 Å². The second kappa shape index (κ2) is 5.54. The van der Waals surface area contributed by atoms with E-state index in [0.717, 1.165) is 13.1 Å². The fraction of sp³-hybridized carbons (Fsp3) is 0.353. The summed E-state index contributed by atoms with van der Waals surface area (Å²) in [6.45, 7) is 4.35. The van der Waals surface area contributed by atoms with E-state index in [1.54, 1.807) is 0 Å². The Balaban J connectivity index is 1.88. The lowest BCUT2D eigenvalue weighted by Crippen LogP contribution is -2.27. The molecule has 0 amide bonds. The molecule has 0 spiro atoms. The number of aryl methyl sites for hydroxylation is 1. The number of nitrogens with zero attached hydrogens (tertiary/aromatic N) is 1. The summed E-state index contributed by atoms with van der Waals surface area (Å²) in [4.78, 5) is 4.58. The highest BCUT2D eigenvalue weighted by atomic mass is 14.9. The van der Waals surface area contributed by atoms with Crippen LogP contribution in [0.5, 0.6) is 0 Å². The maximum atomic E-state index is 4.58. The highest BCUT2D eigenvalue weighted by Crippen LogP contribution is 2.27. The normalized spacial score (nSPS) is 16.5. The van der Waals surface area contributed by atoms with Crippen LogP contribution in [-0.2, 0) is 0 Å². The van der Waals surface area contributed by atoms with Gasteiger partial charge in [0.1, 0.15) is 0 Å². The third-order valence-corrected chi connectivity index (χ3v) is 3.92. The number of hydrogen-bond acceptors (Lipinski definition) is 2. The van der Waals surface area contributed by atoms with Crippen molar-refractivity contribution in [1.29, 1.82) is 0 Å². The Bertz CT molecular complexity index is 539. The molecule has 98 valence electrons. The Hall–Kier alpha value is -1.67. The molecular formula is C17H20N2. The summed E-state index contributed by atoms with van der Waals surface area (Å²) in [6.07, 6.45) is 4.35. The molecule has 1 saturated heterocycles. The van der Waals surface area contributed by atoms with Gasteiger partial charge in [0, 0.05) is 17.8 Å². The van der Waals surface area contributed by atoms with Gasteiger partial charge in [-0.25, -0.2) is 0 Å². The SMILES string of the molecule is Cc1ccc(-c2ccnc(C3CCNCC3)c2)cc1. The highest BCUT2D eigenvalue weighted by molar-refractivity contribution is 5.63. The third kappa shape index (κ3) is 2.85. The van der Waals surface area contributed by atoms with Crippen LogP contribution < -0.4 is 5.32 Å². The molecule has 19 heavy (non-hydrogen) atoms. The van der Waals surface area contributed by atoms with E-state index in [1.807, 2.05) is 6.20 Å². The average molecular weight is 252 g/mol. The molecule has 3 rings (SSSR count). The third-order valence-electron chi connectivity index (χ3n) is 3.92. The van der Waals surface area contributed by atoms with Crippen LogP contribution in [-0.4, -0.2) is 18.1 Å². The molecule has 0 saturated carbocycles. The Kier molecular flexibility index (Phi) is 3.60. The molecule has 0 aliphatic carbocycles. The van der Waals surface area contributed by atoms with Crippen molar-refractivity contribution in [2.75, 3.05) is 13.1 Å². The molecule has 1 aromatic carbocycles. The Morgan fingerprint density at radius 2 is 1.74 bits per heavy atom. The van der Waals surface area contributed by atoms with Gasteiger partial charge in [-0.3, -0.25) is 4.98 Å². The van der Waals surface area contributed by atoms with Gasteiger partial charge in [0.25, 0.3) is 0 Å². The summed E-state index contributed by atoms with van der Waals surface area (Å²) in [5.41, 5.74) is 5.11. The predicted octanol–water partition coefficient (Wildman–Crippen LogP) is 3.52. The monoisotopic (exact) mass is 252 g/mol. The molecule has 2 heteroatoms. The highest BCUT2D eigenvalue weighted by Gasteiger charge is 2.16. The topological polar surface area (TPSA) is 24.9 Å². The van der Waals surface area contributed by atoms with Crippen LogP contribution in [0.15, 0.2) is 42.6 Å². The quantitative estimate of drug-likeness (QED) is 0.884. The van der Waals surface area contributed by atoms with Crippen LogP contribution in [0.4, 0.5) is 0 Å². The van der Waals surface area contributed by atoms with Crippen LogP contribution in [0.25, 0.3) is 11.1 Å². The van der Waals surface area contributed by atoms with Crippen molar-refractivity contribution < 1.29 is 0 Å². The van der Waals surface area contributed by atoms with Crippen LogP contribution >= 0.6 is 0 Å². The smallest absolute Gasteiger partial charge is 0.0441 e. The molecule has 2 nitrogen and oxygen atoms in total. The first-order valence-electron chi connectivity index (χ1n) is 7.06. The molecule has 1 aliphatic rings. The second-order valence-corrected chi connectivity index (χ2v) is 5.36. The summed E-state index contributed by atoms with van der Waals surface area (Å²) in [5, 5.41) is 3.41. The molecule has 2 aromatic rings. The first-order valence-corrected chi connectivity index (χ1v) is 7.06. The van der Waals surface area contributed by atoms with Gasteiger partial charge in [0.15, 0.2) is 0 Å². The molecule has 0 radical (unpaired) electrons.